The Morgan fingerprint density at radius 2 is 1.90 bits per heavy atom. The smallest absolute Gasteiger partial charge is 0.340 e. The van der Waals surface area contributed by atoms with Crippen LogP contribution in [0.4, 0.5) is 21.5 Å². The number of aryl methyl sites for hydroxylation is 1. The Labute approximate surface area is 116 Å². The van der Waals surface area contributed by atoms with Crippen LogP contribution in [0.3, 0.4) is 0 Å². The van der Waals surface area contributed by atoms with Gasteiger partial charge in [-0.25, -0.2) is 9.18 Å². The summed E-state index contributed by atoms with van der Waals surface area (Å²) in [4.78, 5) is 11.2. The molecule has 0 amide bonds. The lowest BCUT2D eigenvalue weighted by molar-refractivity contribution is 0.0698. The van der Waals surface area contributed by atoms with Crippen molar-refractivity contribution in [3.63, 3.8) is 0 Å². The van der Waals surface area contributed by atoms with E-state index in [0.29, 0.717) is 0 Å². The van der Waals surface area contributed by atoms with Crippen molar-refractivity contribution in [2.45, 2.75) is 13.3 Å². The highest BCUT2D eigenvalue weighted by Gasteiger charge is 2.17. The van der Waals surface area contributed by atoms with Crippen molar-refractivity contribution in [2.24, 2.45) is 0 Å². The third kappa shape index (κ3) is 2.71. The molecule has 0 aliphatic rings. The molecule has 104 valence electrons. The first kappa shape index (κ1) is 13.9. The number of rotatable bonds is 4. The van der Waals surface area contributed by atoms with E-state index in [1.807, 2.05) is 31.2 Å². The number of carboxylic acids is 1. The number of nitrogen functional groups attached to an aromatic ring is 1. The van der Waals surface area contributed by atoms with Gasteiger partial charge in [0, 0.05) is 5.69 Å². The first-order valence-electron chi connectivity index (χ1n) is 6.20. The molecule has 0 saturated heterocycles. The summed E-state index contributed by atoms with van der Waals surface area (Å²) in [6.45, 7) is 2.05. The van der Waals surface area contributed by atoms with Gasteiger partial charge in [0.25, 0.3) is 0 Å². The number of nitrogens with one attached hydrogen (secondary N) is 1. The van der Waals surface area contributed by atoms with Gasteiger partial charge in [-0.2, -0.15) is 0 Å². The number of hydrogen-bond acceptors (Lipinski definition) is 3. The van der Waals surface area contributed by atoms with Crippen molar-refractivity contribution in [2.75, 3.05) is 11.1 Å². The van der Waals surface area contributed by atoms with Crippen LogP contribution in [-0.4, -0.2) is 11.1 Å². The second kappa shape index (κ2) is 5.61. The summed E-state index contributed by atoms with van der Waals surface area (Å²) in [5.41, 5.74) is 7.02. The highest BCUT2D eigenvalue weighted by Crippen LogP contribution is 2.28. The maximum atomic E-state index is 13.3. The normalized spacial score (nSPS) is 10.3. The Kier molecular flexibility index (Phi) is 3.89. The largest absolute Gasteiger partial charge is 0.478 e. The minimum atomic E-state index is -1.27. The SMILES string of the molecule is CCc1ccc(Nc2ccc(F)c(N)c2C(=O)O)cc1. The molecule has 0 unspecified atom stereocenters. The molecule has 0 aliphatic heterocycles. The Hall–Kier alpha value is -2.56. The Morgan fingerprint density at radius 1 is 1.25 bits per heavy atom. The van der Waals surface area contributed by atoms with E-state index in [4.69, 9.17) is 10.8 Å². The second-order valence-electron chi connectivity index (χ2n) is 4.36. The predicted molar refractivity (Wildman–Crippen MR) is 76.9 cm³/mol. The molecule has 4 N–H and O–H groups in total. The molecule has 0 saturated carbocycles. The number of aromatic carboxylic acids is 1. The summed E-state index contributed by atoms with van der Waals surface area (Å²) >= 11 is 0. The Balaban J connectivity index is 2.37. The van der Waals surface area contributed by atoms with E-state index in [2.05, 4.69) is 5.32 Å². The molecule has 2 aromatic rings. The number of nitrogens with two attached hydrogens (primary N) is 1. The number of carboxylic acid groups (broad SMARTS) is 1. The van der Waals surface area contributed by atoms with Gasteiger partial charge in [0.1, 0.15) is 11.4 Å². The van der Waals surface area contributed by atoms with Crippen LogP contribution in [0, 0.1) is 5.82 Å². The minimum absolute atomic E-state index is 0.260. The van der Waals surface area contributed by atoms with Crippen LogP contribution in [0.15, 0.2) is 36.4 Å². The van der Waals surface area contributed by atoms with Gasteiger partial charge in [-0.05, 0) is 36.2 Å². The standard InChI is InChI=1S/C15H15FN2O2/c1-2-9-3-5-10(6-4-9)18-12-8-7-11(16)14(17)13(12)15(19)20/h3-8,18H,2,17H2,1H3,(H,19,20). The molecule has 0 bridgehead atoms. The molecule has 0 atom stereocenters. The molecule has 5 heteroatoms. The van der Waals surface area contributed by atoms with Crippen LogP contribution in [-0.2, 0) is 6.42 Å². The molecule has 0 spiro atoms. The fraction of sp³-hybridized carbons (Fsp3) is 0.133. The molecule has 2 rings (SSSR count). The van der Waals surface area contributed by atoms with Gasteiger partial charge in [0.2, 0.25) is 0 Å². The van der Waals surface area contributed by atoms with E-state index in [-0.39, 0.29) is 16.9 Å². The number of carbonyl (C=O) groups is 1. The number of halogens is 1. The lowest BCUT2D eigenvalue weighted by atomic mass is 10.1. The molecule has 0 aliphatic carbocycles. The van der Waals surface area contributed by atoms with Crippen molar-refractivity contribution in [3.05, 3.63) is 53.3 Å². The number of hydrogen-bond donors (Lipinski definition) is 3. The van der Waals surface area contributed by atoms with Gasteiger partial charge in [0.15, 0.2) is 0 Å². The maximum Gasteiger partial charge on any atom is 0.340 e. The Bertz CT molecular complexity index is 639. The van der Waals surface area contributed by atoms with Crippen molar-refractivity contribution in [1.29, 1.82) is 0 Å². The summed E-state index contributed by atoms with van der Waals surface area (Å²) in [6.07, 6.45) is 0.921. The van der Waals surface area contributed by atoms with Crippen molar-refractivity contribution < 1.29 is 14.3 Å². The van der Waals surface area contributed by atoms with E-state index < -0.39 is 11.8 Å². The Morgan fingerprint density at radius 3 is 2.45 bits per heavy atom. The van der Waals surface area contributed by atoms with Crippen LogP contribution in [0.5, 0.6) is 0 Å². The molecule has 2 aromatic carbocycles. The number of benzene rings is 2. The monoisotopic (exact) mass is 274 g/mol. The van der Waals surface area contributed by atoms with E-state index in [1.54, 1.807) is 0 Å². The van der Waals surface area contributed by atoms with Crippen molar-refractivity contribution in [3.8, 4) is 0 Å². The summed E-state index contributed by atoms with van der Waals surface area (Å²) in [5.74, 6) is -2.01. The lowest BCUT2D eigenvalue weighted by Crippen LogP contribution is -2.08. The van der Waals surface area contributed by atoms with E-state index in [9.17, 15) is 9.18 Å². The average Bonchev–Trinajstić information content (AvgIpc) is 2.43. The molecule has 0 aromatic heterocycles. The van der Waals surface area contributed by atoms with Crippen molar-refractivity contribution >= 4 is 23.0 Å². The predicted octanol–water partition coefficient (Wildman–Crippen LogP) is 3.41. The lowest BCUT2D eigenvalue weighted by Gasteiger charge is -2.12. The summed E-state index contributed by atoms with van der Waals surface area (Å²) < 4.78 is 13.3. The van der Waals surface area contributed by atoms with Gasteiger partial charge in [-0.1, -0.05) is 19.1 Å². The van der Waals surface area contributed by atoms with Crippen LogP contribution >= 0.6 is 0 Å². The molecular formula is C15H15FN2O2. The second-order valence-corrected chi connectivity index (χ2v) is 4.36. The van der Waals surface area contributed by atoms with E-state index >= 15 is 0 Å². The van der Waals surface area contributed by atoms with Crippen LogP contribution in [0.1, 0.15) is 22.8 Å². The minimum Gasteiger partial charge on any atom is -0.478 e. The molecule has 4 nitrogen and oxygen atoms in total. The van der Waals surface area contributed by atoms with Gasteiger partial charge >= 0.3 is 5.97 Å². The molecule has 0 fully saturated rings. The van der Waals surface area contributed by atoms with Gasteiger partial charge in [-0.15, -0.1) is 0 Å². The van der Waals surface area contributed by atoms with Gasteiger partial charge in [-0.3, -0.25) is 0 Å². The summed E-state index contributed by atoms with van der Waals surface area (Å²) in [5, 5.41) is 12.1. The molecule has 20 heavy (non-hydrogen) atoms. The highest BCUT2D eigenvalue weighted by atomic mass is 19.1. The van der Waals surface area contributed by atoms with Gasteiger partial charge < -0.3 is 16.2 Å². The van der Waals surface area contributed by atoms with Crippen LogP contribution in [0.2, 0.25) is 0 Å². The third-order valence-electron chi connectivity index (χ3n) is 3.05. The quantitative estimate of drug-likeness (QED) is 0.747. The maximum absolute atomic E-state index is 13.3. The zero-order valence-corrected chi connectivity index (χ0v) is 11.0. The highest BCUT2D eigenvalue weighted by molar-refractivity contribution is 6.00. The zero-order valence-electron chi connectivity index (χ0n) is 11.0. The first-order chi connectivity index (χ1) is 9.52. The summed E-state index contributed by atoms with van der Waals surface area (Å²) in [6, 6.07) is 10.1. The fourth-order valence-electron chi connectivity index (χ4n) is 1.91. The third-order valence-corrected chi connectivity index (χ3v) is 3.05. The first-order valence-corrected chi connectivity index (χ1v) is 6.20. The van der Waals surface area contributed by atoms with Crippen LogP contribution in [0.25, 0.3) is 0 Å². The molecule has 0 radical (unpaired) electrons. The number of anilines is 3. The van der Waals surface area contributed by atoms with E-state index in [0.717, 1.165) is 18.2 Å². The van der Waals surface area contributed by atoms with Crippen LogP contribution < -0.4 is 11.1 Å². The molecular weight excluding hydrogens is 259 g/mol. The van der Waals surface area contributed by atoms with E-state index in [1.165, 1.54) is 11.6 Å². The zero-order chi connectivity index (χ0) is 14.7. The van der Waals surface area contributed by atoms with Gasteiger partial charge in [0.05, 0.1) is 11.4 Å². The van der Waals surface area contributed by atoms with Crippen molar-refractivity contribution in [1.82, 2.24) is 0 Å². The molecule has 0 heterocycles. The fourth-order valence-corrected chi connectivity index (χ4v) is 1.91. The summed E-state index contributed by atoms with van der Waals surface area (Å²) in [7, 11) is 0. The average molecular weight is 274 g/mol. The topological polar surface area (TPSA) is 75.3 Å².